The zero-order valence-electron chi connectivity index (χ0n) is 17.0. The number of aromatic amines is 1. The lowest BCUT2D eigenvalue weighted by molar-refractivity contribution is 0.278. The van der Waals surface area contributed by atoms with Gasteiger partial charge in [0.2, 0.25) is 0 Å². The second-order valence-electron chi connectivity index (χ2n) is 7.68. The predicted octanol–water partition coefficient (Wildman–Crippen LogP) is 3.68. The van der Waals surface area contributed by atoms with Crippen LogP contribution in [0, 0.1) is 12.8 Å². The fourth-order valence-corrected chi connectivity index (χ4v) is 3.61. The monoisotopic (exact) mass is 415 g/mol. The van der Waals surface area contributed by atoms with Gasteiger partial charge in [0.15, 0.2) is 0 Å². The van der Waals surface area contributed by atoms with Gasteiger partial charge in [-0.05, 0) is 49.8 Å². The highest BCUT2D eigenvalue weighted by atomic mass is 35.5. The van der Waals surface area contributed by atoms with E-state index >= 15 is 0 Å². The van der Waals surface area contributed by atoms with Crippen molar-refractivity contribution in [3.63, 3.8) is 0 Å². The van der Waals surface area contributed by atoms with Gasteiger partial charge in [0.1, 0.15) is 0 Å². The van der Waals surface area contributed by atoms with Gasteiger partial charge >= 0.3 is 5.69 Å². The van der Waals surface area contributed by atoms with Crippen LogP contribution in [-0.2, 0) is 13.0 Å². The van der Waals surface area contributed by atoms with Crippen LogP contribution < -0.4 is 11.2 Å². The Morgan fingerprint density at radius 3 is 2.52 bits per heavy atom. The first kappa shape index (κ1) is 21.3. The Morgan fingerprint density at radius 2 is 1.90 bits per heavy atom. The molecule has 0 spiro atoms. The van der Waals surface area contributed by atoms with Crippen LogP contribution in [0.25, 0.3) is 22.2 Å². The SMILES string of the molecule is Cc1nc(-c2ccc(Cl)cc2)c(CCC(C)C)c2c(=O)n(CCCO)c(=O)[nH]c12. The van der Waals surface area contributed by atoms with Crippen LogP contribution in [-0.4, -0.2) is 26.2 Å². The molecule has 3 aromatic rings. The summed E-state index contributed by atoms with van der Waals surface area (Å²) in [5, 5.41) is 10.3. The van der Waals surface area contributed by atoms with Crippen molar-refractivity contribution in [3.8, 4) is 11.3 Å². The van der Waals surface area contributed by atoms with Gasteiger partial charge in [0.25, 0.3) is 5.56 Å². The molecule has 154 valence electrons. The van der Waals surface area contributed by atoms with E-state index in [9.17, 15) is 9.59 Å². The number of hydrogen-bond acceptors (Lipinski definition) is 4. The number of hydrogen-bond donors (Lipinski definition) is 2. The molecular formula is C22H26ClN3O3. The molecule has 0 radical (unpaired) electrons. The van der Waals surface area contributed by atoms with Crippen molar-refractivity contribution in [2.75, 3.05) is 6.61 Å². The molecule has 0 amide bonds. The molecule has 0 saturated heterocycles. The summed E-state index contributed by atoms with van der Waals surface area (Å²) in [7, 11) is 0. The molecule has 7 heteroatoms. The van der Waals surface area contributed by atoms with Gasteiger partial charge in [-0.3, -0.25) is 14.3 Å². The zero-order valence-corrected chi connectivity index (χ0v) is 17.7. The smallest absolute Gasteiger partial charge is 0.328 e. The topological polar surface area (TPSA) is 88.0 Å². The van der Waals surface area contributed by atoms with E-state index in [1.807, 2.05) is 12.1 Å². The molecule has 0 fully saturated rings. The molecule has 2 N–H and O–H groups in total. The van der Waals surface area contributed by atoms with Gasteiger partial charge in [0, 0.05) is 23.7 Å². The third kappa shape index (κ3) is 4.43. The molecule has 0 aliphatic heterocycles. The molecule has 0 aliphatic rings. The van der Waals surface area contributed by atoms with Crippen molar-refractivity contribution in [2.24, 2.45) is 5.92 Å². The van der Waals surface area contributed by atoms with E-state index in [1.54, 1.807) is 19.1 Å². The second-order valence-corrected chi connectivity index (χ2v) is 8.11. The zero-order chi connectivity index (χ0) is 21.1. The summed E-state index contributed by atoms with van der Waals surface area (Å²) < 4.78 is 1.17. The van der Waals surface area contributed by atoms with Crippen molar-refractivity contribution in [3.05, 3.63) is 61.4 Å². The number of aromatic nitrogens is 3. The van der Waals surface area contributed by atoms with Gasteiger partial charge < -0.3 is 10.1 Å². The normalized spacial score (nSPS) is 11.5. The minimum absolute atomic E-state index is 0.0878. The highest BCUT2D eigenvalue weighted by Gasteiger charge is 2.19. The molecule has 0 saturated carbocycles. The van der Waals surface area contributed by atoms with E-state index in [1.165, 1.54) is 4.57 Å². The number of aliphatic hydroxyl groups is 1. The van der Waals surface area contributed by atoms with E-state index < -0.39 is 5.69 Å². The van der Waals surface area contributed by atoms with Crippen molar-refractivity contribution in [1.29, 1.82) is 0 Å². The highest BCUT2D eigenvalue weighted by molar-refractivity contribution is 6.30. The Morgan fingerprint density at radius 1 is 1.21 bits per heavy atom. The summed E-state index contributed by atoms with van der Waals surface area (Å²) >= 11 is 6.05. The standard InChI is InChI=1S/C22H26ClN3O3/c1-13(2)5-10-17-18-19(25-22(29)26(21(18)28)11-4-12-27)14(3)24-20(17)15-6-8-16(23)9-7-15/h6-9,13,27H,4-5,10-12H2,1-3H3,(H,25,29). The average Bonchev–Trinajstić information content (AvgIpc) is 2.68. The number of halogens is 1. The largest absolute Gasteiger partial charge is 0.396 e. The molecule has 0 aliphatic carbocycles. The number of nitrogens with zero attached hydrogens (tertiary/aromatic N) is 2. The lowest BCUT2D eigenvalue weighted by Gasteiger charge is -2.16. The quantitative estimate of drug-likeness (QED) is 0.616. The van der Waals surface area contributed by atoms with Gasteiger partial charge in [-0.2, -0.15) is 0 Å². The van der Waals surface area contributed by atoms with E-state index in [0.717, 1.165) is 23.2 Å². The molecule has 1 aromatic carbocycles. The number of aliphatic hydroxyl groups excluding tert-OH is 1. The van der Waals surface area contributed by atoms with Crippen molar-refractivity contribution >= 4 is 22.5 Å². The Kier molecular flexibility index (Phi) is 6.55. The van der Waals surface area contributed by atoms with Crippen LogP contribution >= 0.6 is 11.6 Å². The fraction of sp³-hybridized carbons (Fsp3) is 0.409. The Hall–Kier alpha value is -2.44. The molecule has 0 bridgehead atoms. The van der Waals surface area contributed by atoms with Crippen molar-refractivity contribution in [2.45, 2.75) is 46.6 Å². The minimum Gasteiger partial charge on any atom is -0.396 e. The first-order chi connectivity index (χ1) is 13.8. The van der Waals surface area contributed by atoms with E-state index in [0.29, 0.717) is 40.4 Å². The first-order valence-corrected chi connectivity index (χ1v) is 10.2. The lowest BCUT2D eigenvalue weighted by atomic mass is 9.94. The Labute approximate surface area is 174 Å². The Bertz CT molecular complexity index is 1130. The van der Waals surface area contributed by atoms with E-state index in [-0.39, 0.29) is 18.7 Å². The number of aryl methyl sites for hydroxylation is 2. The number of fused-ring (bicyclic) bond motifs is 1. The molecule has 3 rings (SSSR count). The molecule has 0 unspecified atom stereocenters. The number of nitrogens with one attached hydrogen (secondary N) is 1. The maximum atomic E-state index is 13.3. The van der Waals surface area contributed by atoms with Crippen LogP contribution in [0.2, 0.25) is 5.02 Å². The molecule has 6 nitrogen and oxygen atoms in total. The maximum Gasteiger partial charge on any atom is 0.328 e. The summed E-state index contributed by atoms with van der Waals surface area (Å²) in [5.41, 5.74) is 2.72. The summed E-state index contributed by atoms with van der Waals surface area (Å²) in [6, 6.07) is 7.39. The fourth-order valence-electron chi connectivity index (χ4n) is 3.49. The number of H-pyrrole nitrogens is 1. The number of rotatable bonds is 7. The van der Waals surface area contributed by atoms with E-state index in [4.69, 9.17) is 21.7 Å². The van der Waals surface area contributed by atoms with Gasteiger partial charge in [-0.25, -0.2) is 4.79 Å². The van der Waals surface area contributed by atoms with Crippen LogP contribution in [0.4, 0.5) is 0 Å². The second kappa shape index (κ2) is 8.93. The average molecular weight is 416 g/mol. The molecule has 2 aromatic heterocycles. The summed E-state index contributed by atoms with van der Waals surface area (Å²) in [4.78, 5) is 33.4. The molecular weight excluding hydrogens is 390 g/mol. The Balaban J connectivity index is 2.35. The predicted molar refractivity (Wildman–Crippen MR) is 117 cm³/mol. The maximum absolute atomic E-state index is 13.3. The summed E-state index contributed by atoms with van der Waals surface area (Å²) in [6.45, 7) is 6.14. The van der Waals surface area contributed by atoms with Gasteiger partial charge in [0.05, 0.1) is 22.3 Å². The third-order valence-corrected chi connectivity index (χ3v) is 5.30. The van der Waals surface area contributed by atoms with Crippen LogP contribution in [0.3, 0.4) is 0 Å². The first-order valence-electron chi connectivity index (χ1n) is 9.86. The molecule has 2 heterocycles. The third-order valence-electron chi connectivity index (χ3n) is 5.04. The molecule has 29 heavy (non-hydrogen) atoms. The van der Waals surface area contributed by atoms with Crippen LogP contribution in [0.15, 0.2) is 33.9 Å². The number of pyridine rings is 1. The number of benzene rings is 1. The summed E-state index contributed by atoms with van der Waals surface area (Å²) in [5.74, 6) is 0.448. The van der Waals surface area contributed by atoms with Crippen LogP contribution in [0.1, 0.15) is 37.9 Å². The summed E-state index contributed by atoms with van der Waals surface area (Å²) in [6.07, 6.45) is 1.89. The van der Waals surface area contributed by atoms with Gasteiger partial charge in [-0.1, -0.05) is 37.6 Å². The van der Waals surface area contributed by atoms with Gasteiger partial charge in [-0.15, -0.1) is 0 Å². The lowest BCUT2D eigenvalue weighted by Crippen LogP contribution is -2.36. The molecule has 0 atom stereocenters. The highest BCUT2D eigenvalue weighted by Crippen LogP contribution is 2.30. The van der Waals surface area contributed by atoms with Crippen molar-refractivity contribution in [1.82, 2.24) is 14.5 Å². The van der Waals surface area contributed by atoms with Crippen molar-refractivity contribution < 1.29 is 5.11 Å². The minimum atomic E-state index is -0.477. The van der Waals surface area contributed by atoms with Crippen LogP contribution in [0.5, 0.6) is 0 Å². The van der Waals surface area contributed by atoms with E-state index in [2.05, 4.69) is 18.8 Å².